The number of anilines is 1. The van der Waals surface area contributed by atoms with Crippen molar-refractivity contribution >= 4 is 15.7 Å². The molecule has 0 saturated heterocycles. The van der Waals surface area contributed by atoms with Gasteiger partial charge in [0.15, 0.2) is 0 Å². The topological polar surface area (TPSA) is 61.2 Å². The largest absolute Gasteiger partial charge is 0.269 e. The zero-order chi connectivity index (χ0) is 15.6. The lowest BCUT2D eigenvalue weighted by Crippen LogP contribution is -2.26. The summed E-state index contributed by atoms with van der Waals surface area (Å²) in [6.45, 7) is 1.68. The Morgan fingerprint density at radius 3 is 2.29 bits per heavy atom. The highest BCUT2D eigenvalue weighted by Gasteiger charge is 2.21. The van der Waals surface area contributed by atoms with Crippen molar-refractivity contribution < 1.29 is 12.8 Å². The van der Waals surface area contributed by atoms with Crippen molar-refractivity contribution in [3.05, 3.63) is 59.4 Å². The minimum Gasteiger partial charge on any atom is -0.269 e. The molecule has 2 rings (SSSR count). The summed E-state index contributed by atoms with van der Waals surface area (Å²) in [7, 11) is -2.35. The zero-order valence-electron chi connectivity index (χ0n) is 11.5. The van der Waals surface area contributed by atoms with Gasteiger partial charge in [0.1, 0.15) is 5.82 Å². The lowest BCUT2D eigenvalue weighted by atomic mass is 10.1. The Hall–Kier alpha value is -2.39. The predicted molar refractivity (Wildman–Crippen MR) is 77.9 cm³/mol. The van der Waals surface area contributed by atoms with Crippen LogP contribution in [0.15, 0.2) is 47.4 Å². The first kappa shape index (κ1) is 15.0. The Labute approximate surface area is 123 Å². The third-order valence-corrected chi connectivity index (χ3v) is 4.95. The fraction of sp³-hybridized carbons (Fsp3) is 0.133. The second-order valence-corrected chi connectivity index (χ2v) is 6.51. The normalized spacial score (nSPS) is 11.0. The van der Waals surface area contributed by atoms with E-state index in [2.05, 4.69) is 0 Å². The van der Waals surface area contributed by atoms with Crippen LogP contribution in [0.1, 0.15) is 11.1 Å². The number of benzene rings is 2. The van der Waals surface area contributed by atoms with Gasteiger partial charge < -0.3 is 0 Å². The SMILES string of the molecule is Cc1cc(S(=O)(=O)N(C)c2ccc(F)cc2)ccc1C#N. The lowest BCUT2D eigenvalue weighted by Gasteiger charge is -2.19. The van der Waals surface area contributed by atoms with Gasteiger partial charge in [-0.3, -0.25) is 4.31 Å². The number of nitrogens with zero attached hydrogens (tertiary/aromatic N) is 2. The Morgan fingerprint density at radius 1 is 1.14 bits per heavy atom. The Morgan fingerprint density at radius 2 is 1.76 bits per heavy atom. The molecule has 4 nitrogen and oxygen atoms in total. The van der Waals surface area contributed by atoms with Crippen molar-refractivity contribution in [1.82, 2.24) is 0 Å². The van der Waals surface area contributed by atoms with Gasteiger partial charge >= 0.3 is 0 Å². The zero-order valence-corrected chi connectivity index (χ0v) is 12.4. The van der Waals surface area contributed by atoms with Crippen molar-refractivity contribution in [2.75, 3.05) is 11.4 Å². The van der Waals surface area contributed by atoms with Gasteiger partial charge in [-0.05, 0) is 55.0 Å². The van der Waals surface area contributed by atoms with Gasteiger partial charge in [-0.2, -0.15) is 5.26 Å². The number of sulfonamides is 1. The summed E-state index contributed by atoms with van der Waals surface area (Å²) in [5.41, 5.74) is 1.38. The van der Waals surface area contributed by atoms with Crippen LogP contribution in [0, 0.1) is 24.1 Å². The number of aryl methyl sites for hydroxylation is 1. The van der Waals surface area contributed by atoms with E-state index in [-0.39, 0.29) is 4.90 Å². The van der Waals surface area contributed by atoms with Gasteiger partial charge in [0.05, 0.1) is 22.2 Å². The molecule has 0 amide bonds. The van der Waals surface area contributed by atoms with Crippen molar-refractivity contribution in [3.63, 3.8) is 0 Å². The third kappa shape index (κ3) is 2.88. The van der Waals surface area contributed by atoms with E-state index in [1.54, 1.807) is 6.92 Å². The van der Waals surface area contributed by atoms with E-state index in [1.807, 2.05) is 6.07 Å². The quantitative estimate of drug-likeness (QED) is 0.876. The highest BCUT2D eigenvalue weighted by atomic mass is 32.2. The Bertz CT molecular complexity index is 809. The van der Waals surface area contributed by atoms with Crippen LogP contribution in [0.2, 0.25) is 0 Å². The fourth-order valence-corrected chi connectivity index (χ4v) is 3.15. The average molecular weight is 304 g/mol. The number of hydrogen-bond donors (Lipinski definition) is 0. The summed E-state index contributed by atoms with van der Waals surface area (Å²) in [5, 5.41) is 8.88. The van der Waals surface area contributed by atoms with Crippen LogP contribution in [0.5, 0.6) is 0 Å². The minimum absolute atomic E-state index is 0.0887. The molecule has 0 N–H and O–H groups in total. The van der Waals surface area contributed by atoms with Crippen LogP contribution >= 0.6 is 0 Å². The highest BCUT2D eigenvalue weighted by molar-refractivity contribution is 7.92. The molecule has 0 heterocycles. The molecule has 0 aliphatic rings. The molecule has 0 spiro atoms. The molecule has 0 aliphatic heterocycles. The number of halogens is 1. The molecular formula is C15H13FN2O2S. The van der Waals surface area contributed by atoms with Crippen molar-refractivity contribution in [2.45, 2.75) is 11.8 Å². The number of nitriles is 1. The maximum absolute atomic E-state index is 12.9. The van der Waals surface area contributed by atoms with Crippen LogP contribution < -0.4 is 4.31 Å². The summed E-state index contributed by atoms with van der Waals surface area (Å²) < 4.78 is 39.0. The molecule has 0 atom stereocenters. The molecule has 0 fully saturated rings. The number of hydrogen-bond acceptors (Lipinski definition) is 3. The smallest absolute Gasteiger partial charge is 0.264 e. The Balaban J connectivity index is 2.44. The predicted octanol–water partition coefficient (Wildman–Crippen LogP) is 2.83. The van der Waals surface area contributed by atoms with E-state index >= 15 is 0 Å². The summed E-state index contributed by atoms with van der Waals surface area (Å²) in [5.74, 6) is -0.432. The summed E-state index contributed by atoms with van der Waals surface area (Å²) >= 11 is 0. The molecule has 0 saturated carbocycles. The highest BCUT2D eigenvalue weighted by Crippen LogP contribution is 2.23. The maximum Gasteiger partial charge on any atom is 0.264 e. The van der Waals surface area contributed by atoms with Crippen LogP contribution in [0.25, 0.3) is 0 Å². The van der Waals surface area contributed by atoms with Gasteiger partial charge in [0, 0.05) is 7.05 Å². The van der Waals surface area contributed by atoms with E-state index in [0.717, 1.165) is 4.31 Å². The fourth-order valence-electron chi connectivity index (χ4n) is 1.87. The van der Waals surface area contributed by atoms with Gasteiger partial charge in [-0.1, -0.05) is 0 Å². The van der Waals surface area contributed by atoms with E-state index in [4.69, 9.17) is 5.26 Å². The van der Waals surface area contributed by atoms with E-state index < -0.39 is 15.8 Å². The molecule has 6 heteroatoms. The standard InChI is InChI=1S/C15H13FN2O2S/c1-11-9-15(8-3-12(11)10-17)21(19,20)18(2)14-6-4-13(16)5-7-14/h3-9H,1-2H3. The third-order valence-electron chi connectivity index (χ3n) is 3.17. The summed E-state index contributed by atoms with van der Waals surface area (Å²) in [6.07, 6.45) is 0. The van der Waals surface area contributed by atoms with Gasteiger partial charge in [0.25, 0.3) is 10.0 Å². The lowest BCUT2D eigenvalue weighted by molar-refractivity contribution is 0.594. The van der Waals surface area contributed by atoms with Crippen LogP contribution in [0.4, 0.5) is 10.1 Å². The van der Waals surface area contributed by atoms with Crippen LogP contribution in [-0.4, -0.2) is 15.5 Å². The summed E-state index contributed by atoms with van der Waals surface area (Å²) in [4.78, 5) is 0.0887. The number of rotatable bonds is 3. The van der Waals surface area contributed by atoms with Gasteiger partial charge in [-0.25, -0.2) is 12.8 Å². The van der Waals surface area contributed by atoms with E-state index in [0.29, 0.717) is 16.8 Å². The molecule has 0 radical (unpaired) electrons. The first-order valence-corrected chi connectivity index (χ1v) is 7.55. The maximum atomic E-state index is 12.9. The van der Waals surface area contributed by atoms with E-state index in [1.165, 1.54) is 49.5 Å². The van der Waals surface area contributed by atoms with Gasteiger partial charge in [0.2, 0.25) is 0 Å². The second-order valence-electron chi connectivity index (χ2n) is 4.54. The molecule has 0 aliphatic carbocycles. The molecule has 108 valence electrons. The molecular weight excluding hydrogens is 291 g/mol. The molecule has 0 bridgehead atoms. The first-order valence-electron chi connectivity index (χ1n) is 6.11. The first-order chi connectivity index (χ1) is 9.86. The van der Waals surface area contributed by atoms with Crippen LogP contribution in [-0.2, 0) is 10.0 Å². The average Bonchev–Trinajstić information content (AvgIpc) is 2.47. The molecule has 2 aromatic carbocycles. The summed E-state index contributed by atoms with van der Waals surface area (Å²) in [6, 6.07) is 11.5. The minimum atomic E-state index is -3.75. The van der Waals surface area contributed by atoms with Gasteiger partial charge in [-0.15, -0.1) is 0 Å². The van der Waals surface area contributed by atoms with Crippen molar-refractivity contribution in [2.24, 2.45) is 0 Å². The molecule has 0 aromatic heterocycles. The Kier molecular flexibility index (Phi) is 3.96. The van der Waals surface area contributed by atoms with Crippen molar-refractivity contribution in [3.8, 4) is 6.07 Å². The van der Waals surface area contributed by atoms with Crippen LogP contribution in [0.3, 0.4) is 0 Å². The molecule has 21 heavy (non-hydrogen) atoms. The van der Waals surface area contributed by atoms with E-state index in [9.17, 15) is 12.8 Å². The van der Waals surface area contributed by atoms with Crippen molar-refractivity contribution in [1.29, 1.82) is 5.26 Å². The molecule has 2 aromatic rings. The molecule has 0 unspecified atom stereocenters. The monoisotopic (exact) mass is 304 g/mol. The second kappa shape index (κ2) is 5.54.